The zero-order valence-electron chi connectivity index (χ0n) is 8.78. The van der Waals surface area contributed by atoms with Crippen LogP contribution in [0.3, 0.4) is 0 Å². The molecule has 2 heterocycles. The van der Waals surface area contributed by atoms with Gasteiger partial charge in [0.15, 0.2) is 9.84 Å². The van der Waals surface area contributed by atoms with Crippen LogP contribution in [0.25, 0.3) is 0 Å². The minimum atomic E-state index is -2.80. The lowest BCUT2D eigenvalue weighted by atomic mass is 9.86. The average Bonchev–Trinajstić information content (AvgIpc) is 2.46. The summed E-state index contributed by atoms with van der Waals surface area (Å²) >= 11 is 0. The van der Waals surface area contributed by atoms with Crippen LogP contribution in [0.2, 0.25) is 0 Å². The molecule has 15 heavy (non-hydrogen) atoms. The van der Waals surface area contributed by atoms with Gasteiger partial charge in [0.2, 0.25) is 0 Å². The molecule has 0 aromatic carbocycles. The first-order valence-corrected chi connectivity index (χ1v) is 7.69. The number of piperazine rings is 1. The molecule has 0 spiro atoms. The standard InChI is InChI=1S/C10H18N2O2S/c13-15(14)5-9-10(6-15)12-8-4-2-1-3-7(8)11-9/h7-12H,1-6H2/t7-,8-,9+,10+/m1/s1. The third-order valence-electron chi connectivity index (χ3n) is 3.97. The van der Waals surface area contributed by atoms with Gasteiger partial charge in [0.05, 0.1) is 11.5 Å². The van der Waals surface area contributed by atoms with Crippen molar-refractivity contribution in [1.29, 1.82) is 0 Å². The Kier molecular flexibility index (Phi) is 2.30. The summed E-state index contributed by atoms with van der Waals surface area (Å²) in [5, 5.41) is 7.06. The van der Waals surface area contributed by atoms with Crippen molar-refractivity contribution in [3.05, 3.63) is 0 Å². The molecule has 86 valence electrons. The van der Waals surface area contributed by atoms with Gasteiger partial charge in [-0.25, -0.2) is 8.42 Å². The van der Waals surface area contributed by atoms with Gasteiger partial charge in [-0.3, -0.25) is 0 Å². The second kappa shape index (κ2) is 3.43. The summed E-state index contributed by atoms with van der Waals surface area (Å²) in [6.07, 6.45) is 4.95. The fourth-order valence-corrected chi connectivity index (χ4v) is 5.14. The molecule has 2 aliphatic heterocycles. The Hall–Kier alpha value is -0.130. The Labute approximate surface area is 90.7 Å². The predicted octanol–water partition coefficient (Wildman–Crippen LogP) is -0.344. The van der Waals surface area contributed by atoms with Crippen LogP contribution in [-0.4, -0.2) is 44.1 Å². The molecule has 3 aliphatic rings. The van der Waals surface area contributed by atoms with Crippen LogP contribution in [0.15, 0.2) is 0 Å². The Morgan fingerprint density at radius 2 is 1.27 bits per heavy atom. The maximum atomic E-state index is 11.5. The van der Waals surface area contributed by atoms with Crippen molar-refractivity contribution in [2.24, 2.45) is 0 Å². The van der Waals surface area contributed by atoms with Gasteiger partial charge in [-0.1, -0.05) is 12.8 Å². The fraction of sp³-hybridized carbons (Fsp3) is 1.00. The lowest BCUT2D eigenvalue weighted by molar-refractivity contribution is 0.191. The zero-order chi connectivity index (χ0) is 10.5. The molecular formula is C10H18N2O2S. The van der Waals surface area contributed by atoms with E-state index in [1.165, 1.54) is 25.7 Å². The maximum Gasteiger partial charge on any atom is 0.153 e. The van der Waals surface area contributed by atoms with Crippen LogP contribution in [0.1, 0.15) is 25.7 Å². The highest BCUT2D eigenvalue weighted by Gasteiger charge is 2.44. The van der Waals surface area contributed by atoms with Gasteiger partial charge < -0.3 is 10.6 Å². The van der Waals surface area contributed by atoms with Crippen LogP contribution in [0.5, 0.6) is 0 Å². The van der Waals surface area contributed by atoms with Crippen molar-refractivity contribution in [3.8, 4) is 0 Å². The van der Waals surface area contributed by atoms with Crippen molar-refractivity contribution in [3.63, 3.8) is 0 Å². The number of hydrogen-bond donors (Lipinski definition) is 2. The highest BCUT2D eigenvalue weighted by Crippen LogP contribution is 2.26. The second-order valence-electron chi connectivity index (χ2n) is 5.12. The summed E-state index contributed by atoms with van der Waals surface area (Å²) in [4.78, 5) is 0. The second-order valence-corrected chi connectivity index (χ2v) is 7.27. The first-order chi connectivity index (χ1) is 7.14. The Morgan fingerprint density at radius 1 is 0.800 bits per heavy atom. The maximum absolute atomic E-state index is 11.5. The van der Waals surface area contributed by atoms with Gasteiger partial charge in [-0.15, -0.1) is 0 Å². The highest BCUT2D eigenvalue weighted by molar-refractivity contribution is 7.91. The van der Waals surface area contributed by atoms with Crippen LogP contribution in [0, 0.1) is 0 Å². The topological polar surface area (TPSA) is 58.2 Å². The molecule has 0 unspecified atom stereocenters. The van der Waals surface area contributed by atoms with E-state index in [-0.39, 0.29) is 12.1 Å². The summed E-state index contributed by atoms with van der Waals surface area (Å²) in [5.74, 6) is 0.655. The molecule has 5 heteroatoms. The minimum Gasteiger partial charge on any atom is -0.307 e. The normalized spacial score (nSPS) is 48.3. The number of sulfone groups is 1. The van der Waals surface area contributed by atoms with Gasteiger partial charge in [0, 0.05) is 24.2 Å². The summed E-state index contributed by atoms with van der Waals surface area (Å²) in [6.45, 7) is 0. The van der Waals surface area contributed by atoms with Crippen molar-refractivity contribution in [2.75, 3.05) is 11.5 Å². The number of nitrogens with one attached hydrogen (secondary N) is 2. The third-order valence-corrected chi connectivity index (χ3v) is 5.71. The summed E-state index contributed by atoms with van der Waals surface area (Å²) < 4.78 is 23.0. The molecule has 0 aromatic heterocycles. The molecular weight excluding hydrogens is 212 g/mol. The Morgan fingerprint density at radius 3 is 1.73 bits per heavy atom. The molecule has 4 nitrogen and oxygen atoms in total. The Bertz CT molecular complexity index is 326. The quantitative estimate of drug-likeness (QED) is 0.597. The highest BCUT2D eigenvalue weighted by atomic mass is 32.2. The molecule has 0 aromatic rings. The van der Waals surface area contributed by atoms with E-state index in [1.807, 2.05) is 0 Å². The largest absolute Gasteiger partial charge is 0.307 e. The summed E-state index contributed by atoms with van der Waals surface area (Å²) in [7, 11) is -2.80. The van der Waals surface area contributed by atoms with Crippen molar-refractivity contribution >= 4 is 9.84 Å². The van der Waals surface area contributed by atoms with Gasteiger partial charge in [0.1, 0.15) is 0 Å². The van der Waals surface area contributed by atoms with Crippen molar-refractivity contribution < 1.29 is 8.42 Å². The van der Waals surface area contributed by atoms with Crippen molar-refractivity contribution in [2.45, 2.75) is 49.9 Å². The number of fused-ring (bicyclic) bond motifs is 2. The van der Waals surface area contributed by atoms with Crippen LogP contribution in [-0.2, 0) is 9.84 Å². The van der Waals surface area contributed by atoms with E-state index in [0.29, 0.717) is 23.6 Å². The first kappa shape index (κ1) is 10.1. The smallest absolute Gasteiger partial charge is 0.153 e. The van der Waals surface area contributed by atoms with Gasteiger partial charge >= 0.3 is 0 Å². The molecule has 1 aliphatic carbocycles. The molecule has 3 fully saturated rings. The van der Waals surface area contributed by atoms with Crippen LogP contribution in [0.4, 0.5) is 0 Å². The predicted molar refractivity (Wildman–Crippen MR) is 58.5 cm³/mol. The van der Waals surface area contributed by atoms with Crippen LogP contribution < -0.4 is 10.6 Å². The van der Waals surface area contributed by atoms with E-state index in [0.717, 1.165) is 0 Å². The van der Waals surface area contributed by atoms with E-state index in [4.69, 9.17) is 0 Å². The molecule has 4 atom stereocenters. The molecule has 1 saturated carbocycles. The van der Waals surface area contributed by atoms with Crippen LogP contribution >= 0.6 is 0 Å². The monoisotopic (exact) mass is 230 g/mol. The van der Waals surface area contributed by atoms with E-state index in [2.05, 4.69) is 10.6 Å². The van der Waals surface area contributed by atoms with Crippen molar-refractivity contribution in [1.82, 2.24) is 10.6 Å². The van der Waals surface area contributed by atoms with E-state index in [1.54, 1.807) is 0 Å². The zero-order valence-corrected chi connectivity index (χ0v) is 9.59. The molecule has 2 N–H and O–H groups in total. The molecule has 0 amide bonds. The van der Waals surface area contributed by atoms with Gasteiger partial charge in [-0.05, 0) is 12.8 Å². The van der Waals surface area contributed by atoms with E-state index >= 15 is 0 Å². The summed E-state index contributed by atoms with van der Waals surface area (Å²) in [5.41, 5.74) is 0. The first-order valence-electron chi connectivity index (χ1n) is 5.87. The Balaban J connectivity index is 1.77. The lowest BCUT2D eigenvalue weighted by Crippen LogP contribution is -2.66. The van der Waals surface area contributed by atoms with Gasteiger partial charge in [-0.2, -0.15) is 0 Å². The minimum absolute atomic E-state index is 0.161. The molecule has 0 bridgehead atoms. The fourth-order valence-electron chi connectivity index (χ4n) is 3.26. The third kappa shape index (κ3) is 1.81. The van der Waals surface area contributed by atoms with E-state index < -0.39 is 9.84 Å². The van der Waals surface area contributed by atoms with E-state index in [9.17, 15) is 8.42 Å². The van der Waals surface area contributed by atoms with Gasteiger partial charge in [0.25, 0.3) is 0 Å². The number of hydrogen-bond acceptors (Lipinski definition) is 4. The number of rotatable bonds is 0. The molecule has 3 rings (SSSR count). The molecule has 0 radical (unpaired) electrons. The average molecular weight is 230 g/mol. The lowest BCUT2D eigenvalue weighted by Gasteiger charge is -2.43. The molecule has 2 saturated heterocycles. The SMILES string of the molecule is O=S1(=O)C[C@@H]2N[C@@H]3CCCC[C@H]3N[C@H]2C1. The summed E-state index contributed by atoms with van der Waals surface area (Å²) in [6, 6.07) is 1.34.